The summed E-state index contributed by atoms with van der Waals surface area (Å²) < 4.78 is 11.0. The van der Waals surface area contributed by atoms with E-state index in [1.165, 1.54) is 0 Å². The number of benzene rings is 3. The van der Waals surface area contributed by atoms with Crippen LogP contribution in [0.5, 0.6) is 11.5 Å². The second kappa shape index (κ2) is 10.4. The van der Waals surface area contributed by atoms with Gasteiger partial charge in [0.05, 0.1) is 17.0 Å². The number of carbonyl (C=O) groups excluding carboxylic acids is 3. The maximum absolute atomic E-state index is 12.7. The zero-order valence-electron chi connectivity index (χ0n) is 17.3. The quantitative estimate of drug-likeness (QED) is 0.247. The topological polar surface area (TPSA) is 72.9 Å². The highest BCUT2D eigenvalue weighted by Crippen LogP contribution is 2.32. The van der Waals surface area contributed by atoms with Crippen molar-refractivity contribution in [1.82, 2.24) is 4.90 Å². The van der Waals surface area contributed by atoms with E-state index >= 15 is 0 Å². The lowest BCUT2D eigenvalue weighted by atomic mass is 10.2. The van der Waals surface area contributed by atoms with E-state index in [9.17, 15) is 14.4 Å². The average Bonchev–Trinajstić information content (AvgIpc) is 3.08. The number of ether oxygens (including phenoxy) is 2. The number of halogens is 1. The van der Waals surface area contributed by atoms with E-state index in [1.54, 1.807) is 78.9 Å². The minimum atomic E-state index is -0.478. The third-order valence-electron chi connectivity index (χ3n) is 4.65. The lowest BCUT2D eigenvalue weighted by molar-refractivity contribution is -0.123. The minimum absolute atomic E-state index is 0.124. The molecule has 0 saturated carbocycles. The minimum Gasteiger partial charge on any atom is -0.492 e. The molecule has 8 heteroatoms. The van der Waals surface area contributed by atoms with E-state index < -0.39 is 11.9 Å². The molecule has 0 bridgehead atoms. The highest BCUT2D eigenvalue weighted by atomic mass is 35.5. The second-order valence-electron chi connectivity index (χ2n) is 6.96. The van der Waals surface area contributed by atoms with Gasteiger partial charge in [0.1, 0.15) is 18.1 Å². The average molecular weight is 480 g/mol. The number of esters is 1. The molecule has 3 aromatic carbocycles. The molecular formula is C25H18ClNO5S. The third-order valence-corrected chi connectivity index (χ3v) is 5.81. The van der Waals surface area contributed by atoms with Crippen molar-refractivity contribution < 1.29 is 23.9 Å². The molecule has 0 N–H and O–H groups in total. The van der Waals surface area contributed by atoms with Crippen LogP contribution in [0.25, 0.3) is 6.08 Å². The first kappa shape index (κ1) is 22.6. The summed E-state index contributed by atoms with van der Waals surface area (Å²) in [6, 6.07) is 22.2. The van der Waals surface area contributed by atoms with Crippen molar-refractivity contribution in [3.63, 3.8) is 0 Å². The lowest BCUT2D eigenvalue weighted by Gasteiger charge is -2.13. The van der Waals surface area contributed by atoms with Crippen molar-refractivity contribution in [3.8, 4) is 11.5 Å². The van der Waals surface area contributed by atoms with Gasteiger partial charge in [0.15, 0.2) is 0 Å². The molecule has 0 aromatic heterocycles. The van der Waals surface area contributed by atoms with E-state index in [0.29, 0.717) is 27.6 Å². The standard InChI is InChI=1S/C25H18ClNO5S/c26-19-9-11-20(12-10-19)31-14-13-27-23(28)22(33-25(27)30)16-17-5-4-8-21(15-17)32-24(29)18-6-2-1-3-7-18/h1-12,15-16H,13-14H2/b22-16-. The van der Waals surface area contributed by atoms with Crippen LogP contribution in [0.4, 0.5) is 4.79 Å². The number of rotatable bonds is 7. The van der Waals surface area contributed by atoms with Gasteiger partial charge in [0.25, 0.3) is 11.1 Å². The Hall–Kier alpha value is -3.55. The molecule has 2 amide bonds. The Morgan fingerprint density at radius 3 is 2.45 bits per heavy atom. The molecule has 0 aliphatic carbocycles. The number of imide groups is 1. The van der Waals surface area contributed by atoms with Crippen LogP contribution < -0.4 is 9.47 Å². The smallest absolute Gasteiger partial charge is 0.343 e. The summed E-state index contributed by atoms with van der Waals surface area (Å²) >= 11 is 6.71. The number of thioether (sulfide) groups is 1. The van der Waals surface area contributed by atoms with Crippen LogP contribution in [-0.4, -0.2) is 35.2 Å². The number of amides is 2. The van der Waals surface area contributed by atoms with E-state index in [0.717, 1.165) is 16.7 Å². The Kier molecular flexibility index (Phi) is 7.12. The molecule has 1 saturated heterocycles. The Balaban J connectivity index is 1.39. The molecule has 3 aromatic rings. The molecule has 0 unspecified atom stereocenters. The third kappa shape index (κ3) is 5.83. The molecule has 6 nitrogen and oxygen atoms in total. The van der Waals surface area contributed by atoms with Crippen molar-refractivity contribution in [2.24, 2.45) is 0 Å². The molecule has 0 radical (unpaired) electrons. The summed E-state index contributed by atoms with van der Waals surface area (Å²) in [4.78, 5) is 38.7. The zero-order valence-corrected chi connectivity index (χ0v) is 18.8. The summed E-state index contributed by atoms with van der Waals surface area (Å²) in [5.74, 6) is 0.0714. The fourth-order valence-corrected chi connectivity index (χ4v) is 4.03. The molecule has 4 rings (SSSR count). The van der Waals surface area contributed by atoms with Gasteiger partial charge >= 0.3 is 5.97 Å². The van der Waals surface area contributed by atoms with Crippen molar-refractivity contribution in [2.75, 3.05) is 13.2 Å². The lowest BCUT2D eigenvalue weighted by Crippen LogP contribution is -2.32. The maximum atomic E-state index is 12.7. The predicted molar refractivity (Wildman–Crippen MR) is 127 cm³/mol. The molecule has 33 heavy (non-hydrogen) atoms. The largest absolute Gasteiger partial charge is 0.492 e. The van der Waals surface area contributed by atoms with Crippen LogP contribution in [-0.2, 0) is 4.79 Å². The number of nitrogens with zero attached hydrogens (tertiary/aromatic N) is 1. The van der Waals surface area contributed by atoms with Gasteiger partial charge in [-0.15, -0.1) is 0 Å². The van der Waals surface area contributed by atoms with Gasteiger partial charge < -0.3 is 9.47 Å². The molecule has 1 aliphatic rings. The Labute approximate surface area is 199 Å². The second-order valence-corrected chi connectivity index (χ2v) is 8.39. The molecule has 1 fully saturated rings. The predicted octanol–water partition coefficient (Wildman–Crippen LogP) is 5.67. The molecule has 1 heterocycles. The monoisotopic (exact) mass is 479 g/mol. The van der Waals surface area contributed by atoms with Gasteiger partial charge in [0.2, 0.25) is 0 Å². The number of hydrogen-bond donors (Lipinski definition) is 0. The Morgan fingerprint density at radius 1 is 0.939 bits per heavy atom. The SMILES string of the molecule is O=C(Oc1cccc(/C=C2\SC(=O)N(CCOc3ccc(Cl)cc3)C2=O)c1)c1ccccc1. The van der Waals surface area contributed by atoms with E-state index in [2.05, 4.69) is 0 Å². The normalized spacial score (nSPS) is 14.6. The molecule has 166 valence electrons. The van der Waals surface area contributed by atoms with E-state index in [4.69, 9.17) is 21.1 Å². The summed E-state index contributed by atoms with van der Waals surface area (Å²) in [5.41, 5.74) is 1.07. The van der Waals surface area contributed by atoms with Gasteiger partial charge in [-0.2, -0.15) is 0 Å². The summed E-state index contributed by atoms with van der Waals surface area (Å²) in [6.45, 7) is 0.289. The van der Waals surface area contributed by atoms with Gasteiger partial charge in [-0.05, 0) is 71.9 Å². The van der Waals surface area contributed by atoms with E-state index in [-0.39, 0.29) is 23.3 Å². The number of carbonyl (C=O) groups is 3. The number of hydrogen-bond acceptors (Lipinski definition) is 6. The van der Waals surface area contributed by atoms with Crippen LogP contribution in [0.3, 0.4) is 0 Å². The van der Waals surface area contributed by atoms with Gasteiger partial charge in [-0.3, -0.25) is 14.5 Å². The van der Waals surface area contributed by atoms with Crippen LogP contribution in [0.2, 0.25) is 5.02 Å². The first-order valence-electron chi connectivity index (χ1n) is 10.0. The molecular weight excluding hydrogens is 462 g/mol. The van der Waals surface area contributed by atoms with Gasteiger partial charge in [-0.25, -0.2) is 4.79 Å². The van der Waals surface area contributed by atoms with Crippen LogP contribution in [0.15, 0.2) is 83.8 Å². The fourth-order valence-electron chi connectivity index (χ4n) is 3.04. The fraction of sp³-hybridized carbons (Fsp3) is 0.0800. The maximum Gasteiger partial charge on any atom is 0.343 e. The van der Waals surface area contributed by atoms with Crippen molar-refractivity contribution in [1.29, 1.82) is 0 Å². The van der Waals surface area contributed by atoms with Crippen LogP contribution in [0.1, 0.15) is 15.9 Å². The molecule has 0 spiro atoms. The molecule has 0 atom stereocenters. The van der Waals surface area contributed by atoms with Crippen LogP contribution in [0, 0.1) is 0 Å². The first-order chi connectivity index (χ1) is 16.0. The van der Waals surface area contributed by atoms with Gasteiger partial charge in [0, 0.05) is 5.02 Å². The summed E-state index contributed by atoms with van der Waals surface area (Å²) in [7, 11) is 0. The van der Waals surface area contributed by atoms with Gasteiger partial charge in [-0.1, -0.05) is 41.9 Å². The highest BCUT2D eigenvalue weighted by molar-refractivity contribution is 8.18. The van der Waals surface area contributed by atoms with E-state index in [1.807, 2.05) is 6.07 Å². The Bertz CT molecular complexity index is 1210. The van der Waals surface area contributed by atoms with Crippen molar-refractivity contribution in [2.45, 2.75) is 0 Å². The Morgan fingerprint density at radius 2 is 1.70 bits per heavy atom. The molecule has 1 aliphatic heterocycles. The van der Waals surface area contributed by atoms with Crippen LogP contribution >= 0.6 is 23.4 Å². The first-order valence-corrected chi connectivity index (χ1v) is 11.2. The zero-order chi connectivity index (χ0) is 23.2. The van der Waals surface area contributed by atoms with Crippen molar-refractivity contribution in [3.05, 3.63) is 99.9 Å². The summed E-state index contributed by atoms with van der Waals surface area (Å²) in [6.07, 6.45) is 1.60. The van der Waals surface area contributed by atoms with Crippen molar-refractivity contribution >= 4 is 46.6 Å². The summed E-state index contributed by atoms with van der Waals surface area (Å²) in [5, 5.41) is 0.231. The highest BCUT2D eigenvalue weighted by Gasteiger charge is 2.34.